The molecule has 134 valence electrons. The number of anilines is 2. The fraction of sp³-hybridized carbons (Fsp3) is 0.333. The van der Waals surface area contributed by atoms with Gasteiger partial charge < -0.3 is 10.2 Å². The molecular formula is C21H21FN2O2. The van der Waals surface area contributed by atoms with Crippen LogP contribution in [0.3, 0.4) is 0 Å². The number of nitrogens with one attached hydrogen (secondary N) is 1. The third kappa shape index (κ3) is 3.21. The summed E-state index contributed by atoms with van der Waals surface area (Å²) in [7, 11) is 0. The Bertz CT molecular complexity index is 878. The monoisotopic (exact) mass is 352 g/mol. The Labute approximate surface area is 152 Å². The topological polar surface area (TPSA) is 49.4 Å². The number of aryl methyl sites for hydroxylation is 2. The van der Waals surface area contributed by atoms with E-state index in [-0.39, 0.29) is 17.5 Å². The van der Waals surface area contributed by atoms with Crippen LogP contribution in [0.5, 0.6) is 0 Å². The van der Waals surface area contributed by atoms with Crippen LogP contribution in [-0.4, -0.2) is 18.4 Å². The van der Waals surface area contributed by atoms with Crippen LogP contribution in [0.1, 0.15) is 47.2 Å². The SMILES string of the molecule is O=C(Nc1ccc(N2CCCC2=O)c(F)c1)c1ccc2c(c1)CCCC2. The van der Waals surface area contributed by atoms with Gasteiger partial charge in [0.25, 0.3) is 5.91 Å². The van der Waals surface area contributed by atoms with Crippen LogP contribution >= 0.6 is 0 Å². The molecule has 2 aromatic rings. The molecule has 2 amide bonds. The van der Waals surface area contributed by atoms with Gasteiger partial charge >= 0.3 is 0 Å². The van der Waals surface area contributed by atoms with Gasteiger partial charge in [0.1, 0.15) is 5.82 Å². The van der Waals surface area contributed by atoms with Crippen LogP contribution in [-0.2, 0) is 17.6 Å². The lowest BCUT2D eigenvalue weighted by Crippen LogP contribution is -2.24. The third-order valence-electron chi connectivity index (χ3n) is 5.18. The minimum absolute atomic E-state index is 0.0604. The zero-order chi connectivity index (χ0) is 18.1. The molecular weight excluding hydrogens is 331 g/mol. The van der Waals surface area contributed by atoms with Gasteiger partial charge in [-0.3, -0.25) is 9.59 Å². The lowest BCUT2D eigenvalue weighted by atomic mass is 9.90. The zero-order valence-corrected chi connectivity index (χ0v) is 14.6. The van der Waals surface area contributed by atoms with E-state index in [2.05, 4.69) is 5.32 Å². The highest BCUT2D eigenvalue weighted by Crippen LogP contribution is 2.27. The molecule has 0 radical (unpaired) electrons. The van der Waals surface area contributed by atoms with E-state index in [0.717, 1.165) is 25.7 Å². The second kappa shape index (κ2) is 6.90. The van der Waals surface area contributed by atoms with Crippen molar-refractivity contribution in [1.29, 1.82) is 0 Å². The predicted octanol–water partition coefficient (Wildman–Crippen LogP) is 4.08. The summed E-state index contributed by atoms with van der Waals surface area (Å²) in [6.07, 6.45) is 5.62. The highest BCUT2D eigenvalue weighted by molar-refractivity contribution is 6.04. The normalized spacial score (nSPS) is 16.5. The molecule has 0 atom stereocenters. The van der Waals surface area contributed by atoms with Crippen molar-refractivity contribution in [2.75, 3.05) is 16.8 Å². The summed E-state index contributed by atoms with van der Waals surface area (Å²) in [5.41, 5.74) is 3.81. The lowest BCUT2D eigenvalue weighted by Gasteiger charge is -2.18. The molecule has 2 aromatic carbocycles. The van der Waals surface area contributed by atoms with Crippen molar-refractivity contribution in [3.63, 3.8) is 0 Å². The Kier molecular flexibility index (Phi) is 4.45. The van der Waals surface area contributed by atoms with Gasteiger partial charge in [0.05, 0.1) is 5.69 Å². The molecule has 5 heteroatoms. The molecule has 1 aliphatic heterocycles. The molecule has 1 heterocycles. The van der Waals surface area contributed by atoms with Crippen LogP contribution in [0.4, 0.5) is 15.8 Å². The number of hydrogen-bond donors (Lipinski definition) is 1. The predicted molar refractivity (Wildman–Crippen MR) is 99.0 cm³/mol. The average molecular weight is 352 g/mol. The molecule has 1 saturated heterocycles. The Balaban J connectivity index is 1.51. The van der Waals surface area contributed by atoms with Crippen LogP contribution < -0.4 is 10.2 Å². The largest absolute Gasteiger partial charge is 0.322 e. The number of carbonyl (C=O) groups is 2. The van der Waals surface area contributed by atoms with Crippen LogP contribution in [0.25, 0.3) is 0 Å². The fourth-order valence-corrected chi connectivity index (χ4v) is 3.78. The number of benzene rings is 2. The standard InChI is InChI=1S/C21H21FN2O2/c22-18-13-17(9-10-19(18)24-11-3-6-20(24)25)23-21(26)16-8-7-14-4-1-2-5-15(14)12-16/h7-10,12-13H,1-6,11H2,(H,23,26). The Morgan fingerprint density at radius 2 is 1.77 bits per heavy atom. The van der Waals surface area contributed by atoms with E-state index in [0.29, 0.717) is 24.2 Å². The van der Waals surface area contributed by atoms with E-state index in [9.17, 15) is 14.0 Å². The van der Waals surface area contributed by atoms with Gasteiger partial charge in [-0.2, -0.15) is 0 Å². The van der Waals surface area contributed by atoms with Gasteiger partial charge in [-0.1, -0.05) is 6.07 Å². The maximum atomic E-state index is 14.4. The summed E-state index contributed by atoms with van der Waals surface area (Å²) in [6.45, 7) is 0.538. The smallest absolute Gasteiger partial charge is 0.255 e. The van der Waals surface area contributed by atoms with Crippen LogP contribution in [0, 0.1) is 5.82 Å². The van der Waals surface area contributed by atoms with Gasteiger partial charge in [0, 0.05) is 24.2 Å². The van der Waals surface area contributed by atoms with Crippen molar-refractivity contribution in [3.05, 3.63) is 58.9 Å². The summed E-state index contributed by atoms with van der Waals surface area (Å²) in [5, 5.41) is 2.75. The Hall–Kier alpha value is -2.69. The summed E-state index contributed by atoms with van der Waals surface area (Å²) in [5.74, 6) is -0.805. The van der Waals surface area contributed by atoms with Crippen molar-refractivity contribution in [1.82, 2.24) is 0 Å². The molecule has 4 rings (SSSR count). The first kappa shape index (κ1) is 16.8. The van der Waals surface area contributed by atoms with E-state index in [1.165, 1.54) is 28.5 Å². The first-order valence-electron chi connectivity index (χ1n) is 9.15. The zero-order valence-electron chi connectivity index (χ0n) is 14.6. The van der Waals surface area contributed by atoms with Crippen molar-refractivity contribution in [3.8, 4) is 0 Å². The maximum Gasteiger partial charge on any atom is 0.255 e. The molecule has 1 aliphatic carbocycles. The molecule has 0 bridgehead atoms. The number of fused-ring (bicyclic) bond motifs is 1. The van der Waals surface area contributed by atoms with Gasteiger partial charge in [0.15, 0.2) is 0 Å². The third-order valence-corrected chi connectivity index (χ3v) is 5.18. The number of rotatable bonds is 3. The van der Waals surface area contributed by atoms with Crippen molar-refractivity contribution >= 4 is 23.2 Å². The number of nitrogens with zero attached hydrogens (tertiary/aromatic N) is 1. The number of hydrogen-bond acceptors (Lipinski definition) is 2. The summed E-state index contributed by atoms with van der Waals surface area (Å²) < 4.78 is 14.4. The molecule has 1 N–H and O–H groups in total. The lowest BCUT2D eigenvalue weighted by molar-refractivity contribution is -0.117. The van der Waals surface area contributed by atoms with E-state index in [1.54, 1.807) is 12.1 Å². The minimum atomic E-state index is -0.497. The molecule has 4 nitrogen and oxygen atoms in total. The van der Waals surface area contributed by atoms with Gasteiger partial charge in [-0.15, -0.1) is 0 Å². The van der Waals surface area contributed by atoms with Crippen molar-refractivity contribution < 1.29 is 14.0 Å². The van der Waals surface area contributed by atoms with E-state index in [1.807, 2.05) is 18.2 Å². The number of carbonyl (C=O) groups excluding carboxylic acids is 2. The van der Waals surface area contributed by atoms with E-state index in [4.69, 9.17) is 0 Å². The Morgan fingerprint density at radius 3 is 2.50 bits per heavy atom. The molecule has 2 aliphatic rings. The fourth-order valence-electron chi connectivity index (χ4n) is 3.78. The van der Waals surface area contributed by atoms with Crippen molar-refractivity contribution in [2.45, 2.75) is 38.5 Å². The molecule has 1 fully saturated rings. The van der Waals surface area contributed by atoms with E-state index < -0.39 is 5.82 Å². The second-order valence-electron chi connectivity index (χ2n) is 6.96. The highest BCUT2D eigenvalue weighted by atomic mass is 19.1. The number of halogens is 1. The quantitative estimate of drug-likeness (QED) is 0.905. The summed E-state index contributed by atoms with van der Waals surface area (Å²) in [4.78, 5) is 25.8. The van der Waals surface area contributed by atoms with Gasteiger partial charge in [-0.05, 0) is 73.6 Å². The van der Waals surface area contributed by atoms with Gasteiger partial charge in [0.2, 0.25) is 5.91 Å². The summed E-state index contributed by atoms with van der Waals surface area (Å²) in [6, 6.07) is 10.3. The molecule has 0 unspecified atom stereocenters. The van der Waals surface area contributed by atoms with E-state index >= 15 is 0 Å². The molecule has 0 saturated carbocycles. The average Bonchev–Trinajstić information content (AvgIpc) is 3.07. The highest BCUT2D eigenvalue weighted by Gasteiger charge is 2.24. The minimum Gasteiger partial charge on any atom is -0.322 e. The number of amides is 2. The first-order chi connectivity index (χ1) is 12.6. The van der Waals surface area contributed by atoms with Crippen molar-refractivity contribution in [2.24, 2.45) is 0 Å². The van der Waals surface area contributed by atoms with Crippen LogP contribution in [0.15, 0.2) is 36.4 Å². The second-order valence-corrected chi connectivity index (χ2v) is 6.96. The van der Waals surface area contributed by atoms with Gasteiger partial charge in [-0.25, -0.2) is 4.39 Å². The molecule has 0 spiro atoms. The summed E-state index contributed by atoms with van der Waals surface area (Å²) >= 11 is 0. The Morgan fingerprint density at radius 1 is 0.962 bits per heavy atom. The maximum absolute atomic E-state index is 14.4. The van der Waals surface area contributed by atoms with Crippen LogP contribution in [0.2, 0.25) is 0 Å². The molecule has 26 heavy (non-hydrogen) atoms. The molecule has 0 aromatic heterocycles. The first-order valence-corrected chi connectivity index (χ1v) is 9.15.